The second kappa shape index (κ2) is 5.74. The summed E-state index contributed by atoms with van der Waals surface area (Å²) < 4.78 is 2.14. The number of likely N-dealkylation sites (tertiary alicyclic amines) is 1. The van der Waals surface area contributed by atoms with Gasteiger partial charge in [-0.3, -0.25) is 9.48 Å². The minimum Gasteiger partial charge on any atom is -0.387 e. The van der Waals surface area contributed by atoms with E-state index < -0.39 is 0 Å². The maximum absolute atomic E-state index is 11.4. The van der Waals surface area contributed by atoms with E-state index in [1.807, 2.05) is 6.92 Å². The van der Waals surface area contributed by atoms with Crippen LogP contribution in [-0.2, 0) is 4.79 Å². The van der Waals surface area contributed by atoms with Crippen LogP contribution < -0.4 is 0 Å². The van der Waals surface area contributed by atoms with Crippen molar-refractivity contribution in [1.29, 1.82) is 0 Å². The maximum atomic E-state index is 11.4. The monoisotopic (exact) mass is 265 g/mol. The smallest absolute Gasteiger partial charge is 0.248 e. The van der Waals surface area contributed by atoms with Crippen LogP contribution >= 0.6 is 0 Å². The van der Waals surface area contributed by atoms with Gasteiger partial charge < -0.3 is 10.0 Å². The molecular formula is C14H23N3O2. The van der Waals surface area contributed by atoms with Crippen molar-refractivity contribution in [3.8, 4) is 0 Å². The van der Waals surface area contributed by atoms with E-state index in [0.29, 0.717) is 25.0 Å². The summed E-state index contributed by atoms with van der Waals surface area (Å²) in [5.41, 5.74) is 2.32. The van der Waals surface area contributed by atoms with Crippen molar-refractivity contribution < 1.29 is 9.90 Å². The summed E-state index contributed by atoms with van der Waals surface area (Å²) in [7, 11) is 0. The van der Waals surface area contributed by atoms with Crippen molar-refractivity contribution in [2.45, 2.75) is 45.6 Å². The zero-order chi connectivity index (χ0) is 14.0. The second-order valence-corrected chi connectivity index (χ2v) is 5.58. The first-order valence-electron chi connectivity index (χ1n) is 6.97. The van der Waals surface area contributed by atoms with Gasteiger partial charge in [0, 0.05) is 18.8 Å². The molecule has 1 N–H and O–H groups in total. The number of rotatable bonds is 3. The molecule has 0 spiro atoms. The van der Waals surface area contributed by atoms with E-state index in [1.165, 1.54) is 5.69 Å². The Labute approximate surface area is 114 Å². The molecule has 5 nitrogen and oxygen atoms in total. The molecular weight excluding hydrogens is 242 g/mol. The third-order valence-corrected chi connectivity index (χ3v) is 3.78. The molecule has 1 amide bonds. The molecule has 0 aliphatic carbocycles. The van der Waals surface area contributed by atoms with Crippen LogP contribution in [0.3, 0.4) is 0 Å². The number of nitrogens with zero attached hydrogens (tertiary/aromatic N) is 3. The van der Waals surface area contributed by atoms with E-state index in [4.69, 9.17) is 5.11 Å². The van der Waals surface area contributed by atoms with Gasteiger partial charge in [-0.05, 0) is 31.7 Å². The normalized spacial score (nSPS) is 17.2. The third kappa shape index (κ3) is 2.97. The first-order valence-corrected chi connectivity index (χ1v) is 6.97. The van der Waals surface area contributed by atoms with Gasteiger partial charge in [-0.1, -0.05) is 13.8 Å². The van der Waals surface area contributed by atoms with E-state index in [2.05, 4.69) is 29.7 Å². The average Bonchev–Trinajstić information content (AvgIpc) is 2.80. The van der Waals surface area contributed by atoms with E-state index in [1.54, 1.807) is 4.90 Å². The highest BCUT2D eigenvalue weighted by Gasteiger charge is 2.25. The predicted octanol–water partition coefficient (Wildman–Crippen LogP) is 1.47. The first kappa shape index (κ1) is 14.1. The van der Waals surface area contributed by atoms with Gasteiger partial charge in [0.25, 0.3) is 0 Å². The van der Waals surface area contributed by atoms with Crippen LogP contribution in [0.25, 0.3) is 0 Å². The molecule has 0 atom stereocenters. The van der Waals surface area contributed by atoms with Crippen LogP contribution in [0.4, 0.5) is 0 Å². The summed E-state index contributed by atoms with van der Waals surface area (Å²) >= 11 is 0. The fraction of sp³-hybridized carbons (Fsp3) is 0.714. The zero-order valence-corrected chi connectivity index (χ0v) is 12.0. The van der Waals surface area contributed by atoms with Crippen LogP contribution in [0.1, 0.15) is 50.0 Å². The highest BCUT2D eigenvalue weighted by Crippen LogP contribution is 2.27. The molecule has 2 heterocycles. The number of hydrogen-bond donors (Lipinski definition) is 1. The van der Waals surface area contributed by atoms with Crippen molar-refractivity contribution in [2.24, 2.45) is 0 Å². The molecule has 1 aliphatic heterocycles. The second-order valence-electron chi connectivity index (χ2n) is 5.58. The molecule has 0 unspecified atom stereocenters. The molecule has 1 aromatic rings. The summed E-state index contributed by atoms with van der Waals surface area (Å²) in [6.45, 7) is 7.41. The Kier molecular flexibility index (Phi) is 4.24. The summed E-state index contributed by atoms with van der Waals surface area (Å²) in [5.74, 6) is 0.289. The standard InChI is InChI=1S/C14H23N3O2/c1-10(2)13-8-11(3)15-17(13)12-4-6-16(7-5-12)14(19)9-18/h8,10,12,18H,4-7,9H2,1-3H3. The lowest BCUT2D eigenvalue weighted by Gasteiger charge is -2.32. The molecule has 0 radical (unpaired) electrons. The van der Waals surface area contributed by atoms with Gasteiger partial charge in [-0.15, -0.1) is 0 Å². The van der Waals surface area contributed by atoms with Gasteiger partial charge in [0.2, 0.25) is 5.91 Å². The lowest BCUT2D eigenvalue weighted by Crippen LogP contribution is -2.40. The number of carbonyl (C=O) groups excluding carboxylic acids is 1. The van der Waals surface area contributed by atoms with Gasteiger partial charge in [0.1, 0.15) is 6.61 Å². The lowest BCUT2D eigenvalue weighted by atomic mass is 10.0. The molecule has 1 fully saturated rings. The lowest BCUT2D eigenvalue weighted by molar-refractivity contribution is -0.135. The van der Waals surface area contributed by atoms with Crippen molar-refractivity contribution in [2.75, 3.05) is 19.7 Å². The minimum atomic E-state index is -0.386. The van der Waals surface area contributed by atoms with Gasteiger partial charge in [-0.2, -0.15) is 5.10 Å². The number of hydrogen-bond acceptors (Lipinski definition) is 3. The first-order chi connectivity index (χ1) is 9.02. The third-order valence-electron chi connectivity index (χ3n) is 3.78. The summed E-state index contributed by atoms with van der Waals surface area (Å²) in [6.07, 6.45) is 1.82. The summed E-state index contributed by atoms with van der Waals surface area (Å²) in [5, 5.41) is 13.5. The average molecular weight is 265 g/mol. The SMILES string of the molecule is Cc1cc(C(C)C)n(C2CCN(C(=O)CO)CC2)n1. The Morgan fingerprint density at radius 3 is 2.63 bits per heavy atom. The minimum absolute atomic E-state index is 0.167. The van der Waals surface area contributed by atoms with Crippen molar-refractivity contribution in [3.63, 3.8) is 0 Å². The van der Waals surface area contributed by atoms with Crippen LogP contribution in [-0.4, -0.2) is 45.4 Å². The highest BCUT2D eigenvalue weighted by molar-refractivity contribution is 5.77. The summed E-state index contributed by atoms with van der Waals surface area (Å²) in [4.78, 5) is 13.2. The molecule has 5 heteroatoms. The van der Waals surface area contributed by atoms with Crippen LogP contribution in [0, 0.1) is 6.92 Å². The van der Waals surface area contributed by atoms with Crippen LogP contribution in [0.15, 0.2) is 6.07 Å². The van der Waals surface area contributed by atoms with Crippen LogP contribution in [0.2, 0.25) is 0 Å². The number of amides is 1. The predicted molar refractivity (Wildman–Crippen MR) is 73.0 cm³/mol. The molecule has 0 bridgehead atoms. The summed E-state index contributed by atoms with van der Waals surface area (Å²) in [6, 6.07) is 2.52. The number of aliphatic hydroxyl groups is 1. The number of aryl methyl sites for hydroxylation is 1. The van der Waals surface area contributed by atoms with Crippen LogP contribution in [0.5, 0.6) is 0 Å². The van der Waals surface area contributed by atoms with E-state index in [-0.39, 0.29) is 12.5 Å². The fourth-order valence-corrected chi connectivity index (χ4v) is 2.72. The van der Waals surface area contributed by atoms with E-state index in [0.717, 1.165) is 18.5 Å². The van der Waals surface area contributed by atoms with E-state index in [9.17, 15) is 4.79 Å². The number of piperidine rings is 1. The zero-order valence-electron chi connectivity index (χ0n) is 12.0. The van der Waals surface area contributed by atoms with Crippen molar-refractivity contribution >= 4 is 5.91 Å². The Morgan fingerprint density at radius 2 is 2.11 bits per heavy atom. The Balaban J connectivity index is 2.07. The molecule has 0 aromatic carbocycles. The van der Waals surface area contributed by atoms with Crippen molar-refractivity contribution in [3.05, 3.63) is 17.5 Å². The largest absolute Gasteiger partial charge is 0.387 e. The molecule has 106 valence electrons. The molecule has 1 saturated heterocycles. The molecule has 19 heavy (non-hydrogen) atoms. The highest BCUT2D eigenvalue weighted by atomic mass is 16.3. The van der Waals surface area contributed by atoms with Gasteiger partial charge in [-0.25, -0.2) is 0 Å². The quantitative estimate of drug-likeness (QED) is 0.900. The number of carbonyl (C=O) groups is 1. The number of aliphatic hydroxyl groups excluding tert-OH is 1. The fourth-order valence-electron chi connectivity index (χ4n) is 2.72. The topological polar surface area (TPSA) is 58.4 Å². The molecule has 1 aliphatic rings. The van der Waals surface area contributed by atoms with Gasteiger partial charge >= 0.3 is 0 Å². The van der Waals surface area contributed by atoms with Gasteiger partial charge in [0.15, 0.2) is 0 Å². The van der Waals surface area contributed by atoms with Gasteiger partial charge in [0.05, 0.1) is 11.7 Å². The Bertz CT molecular complexity index is 446. The van der Waals surface area contributed by atoms with E-state index >= 15 is 0 Å². The Hall–Kier alpha value is -1.36. The molecule has 0 saturated carbocycles. The molecule has 2 rings (SSSR count). The Morgan fingerprint density at radius 1 is 1.47 bits per heavy atom. The van der Waals surface area contributed by atoms with Crippen molar-refractivity contribution in [1.82, 2.24) is 14.7 Å². The molecule has 1 aromatic heterocycles. The maximum Gasteiger partial charge on any atom is 0.248 e. The number of aromatic nitrogens is 2.